The van der Waals surface area contributed by atoms with Crippen molar-refractivity contribution in [2.45, 2.75) is 0 Å². The highest BCUT2D eigenvalue weighted by Gasteiger charge is 2.11. The lowest BCUT2D eigenvalue weighted by molar-refractivity contribution is 0.0999. The maximum Gasteiger partial charge on any atom is 0.249 e. The number of hydrogen-bond acceptors (Lipinski definition) is 1. The first-order chi connectivity index (χ1) is 5.54. The van der Waals surface area contributed by atoms with Crippen molar-refractivity contribution in [1.29, 1.82) is 0 Å². The number of carbonyl (C=O) groups excluding carboxylic acids is 1. The van der Waals surface area contributed by atoms with Gasteiger partial charge in [-0.2, -0.15) is 0 Å². The van der Waals surface area contributed by atoms with E-state index in [9.17, 15) is 9.18 Å². The summed E-state index contributed by atoms with van der Waals surface area (Å²) >= 11 is 3.74. The summed E-state index contributed by atoms with van der Waals surface area (Å²) in [5.41, 5.74) is 5.43. The van der Waals surface area contributed by atoms with Gasteiger partial charge in [-0.05, 0) is 57.3 Å². The zero-order chi connectivity index (χ0) is 9.30. The lowest BCUT2D eigenvalue weighted by Gasteiger charge is -2.02. The summed E-state index contributed by atoms with van der Waals surface area (Å²) in [5.74, 6) is -0.859. The normalized spacial score (nSPS) is 9.92. The number of primary amides is 1. The minimum Gasteiger partial charge on any atom is -0.366 e. The molecule has 0 unspecified atom stereocenters. The Balaban J connectivity index is 3.36. The van der Waals surface area contributed by atoms with Crippen LogP contribution in [-0.2, 0) is 0 Å². The first kappa shape index (κ1) is 10.2. The van der Waals surface area contributed by atoms with Crippen LogP contribution in [-0.4, -0.2) is 5.91 Å². The quantitative estimate of drug-likeness (QED) is 0.579. The maximum atomic E-state index is 12.9. The molecule has 0 fully saturated rings. The molecule has 0 atom stereocenters. The standard InChI is InChI=1S/C7H4FI2NO/c8-4-2-1-3(7(11)12)5(9)6(4)10/h1-2H,(H2,11,12). The Morgan fingerprint density at radius 3 is 2.42 bits per heavy atom. The molecule has 1 rings (SSSR count). The summed E-state index contributed by atoms with van der Waals surface area (Å²) in [7, 11) is 0. The van der Waals surface area contributed by atoms with Gasteiger partial charge in [0.25, 0.3) is 0 Å². The fourth-order valence-corrected chi connectivity index (χ4v) is 1.89. The van der Waals surface area contributed by atoms with Gasteiger partial charge in [0.1, 0.15) is 5.82 Å². The van der Waals surface area contributed by atoms with Gasteiger partial charge in [0.2, 0.25) is 5.91 Å². The van der Waals surface area contributed by atoms with Gasteiger partial charge in [0.05, 0.1) is 9.13 Å². The van der Waals surface area contributed by atoms with Crippen LogP contribution in [0.5, 0.6) is 0 Å². The Kier molecular flexibility index (Phi) is 3.27. The smallest absolute Gasteiger partial charge is 0.249 e. The molecule has 0 aliphatic carbocycles. The Hall–Kier alpha value is 0.0800. The first-order valence-corrected chi connectivity index (χ1v) is 5.13. The molecule has 0 radical (unpaired) electrons. The Morgan fingerprint density at radius 2 is 1.92 bits per heavy atom. The molecule has 0 aliphatic heterocycles. The summed E-state index contributed by atoms with van der Waals surface area (Å²) in [6.07, 6.45) is 0. The SMILES string of the molecule is NC(=O)c1ccc(F)c(I)c1I. The van der Waals surface area contributed by atoms with E-state index in [2.05, 4.69) is 0 Å². The number of halogens is 3. The van der Waals surface area contributed by atoms with E-state index < -0.39 is 5.91 Å². The molecule has 0 saturated heterocycles. The van der Waals surface area contributed by atoms with Gasteiger partial charge in [-0.1, -0.05) is 0 Å². The molecule has 0 spiro atoms. The van der Waals surface area contributed by atoms with Crippen molar-refractivity contribution < 1.29 is 9.18 Å². The molecule has 0 saturated carbocycles. The number of rotatable bonds is 1. The van der Waals surface area contributed by atoms with E-state index in [4.69, 9.17) is 5.73 Å². The third kappa shape index (κ3) is 1.87. The monoisotopic (exact) mass is 391 g/mol. The molecule has 0 aliphatic rings. The predicted molar refractivity (Wildman–Crippen MR) is 60.4 cm³/mol. The minimum absolute atomic E-state index is 0.329. The molecular formula is C7H4FI2NO. The van der Waals surface area contributed by atoms with Gasteiger partial charge in [-0.25, -0.2) is 4.39 Å². The second-order valence-electron chi connectivity index (χ2n) is 2.09. The number of hydrogen-bond donors (Lipinski definition) is 1. The van der Waals surface area contributed by atoms with Gasteiger partial charge in [-0.3, -0.25) is 4.79 Å². The molecule has 64 valence electrons. The van der Waals surface area contributed by atoms with Gasteiger partial charge in [0, 0.05) is 3.57 Å². The van der Waals surface area contributed by atoms with E-state index in [1.165, 1.54) is 12.1 Å². The van der Waals surface area contributed by atoms with E-state index in [0.29, 0.717) is 12.7 Å². The van der Waals surface area contributed by atoms with Crippen molar-refractivity contribution in [1.82, 2.24) is 0 Å². The maximum absolute atomic E-state index is 12.9. The van der Waals surface area contributed by atoms with Gasteiger partial charge < -0.3 is 5.73 Å². The highest BCUT2D eigenvalue weighted by Crippen LogP contribution is 2.21. The zero-order valence-electron chi connectivity index (χ0n) is 5.77. The van der Waals surface area contributed by atoms with E-state index >= 15 is 0 Å². The van der Waals surface area contributed by atoms with Crippen LogP contribution in [0.25, 0.3) is 0 Å². The average molecular weight is 391 g/mol. The van der Waals surface area contributed by atoms with E-state index in [0.717, 1.165) is 0 Å². The van der Waals surface area contributed by atoms with Crippen molar-refractivity contribution in [3.05, 3.63) is 30.7 Å². The largest absolute Gasteiger partial charge is 0.366 e. The van der Waals surface area contributed by atoms with Crippen LogP contribution in [0.4, 0.5) is 4.39 Å². The third-order valence-electron chi connectivity index (χ3n) is 1.30. The van der Waals surface area contributed by atoms with E-state index in [1.54, 1.807) is 0 Å². The number of benzene rings is 1. The molecule has 2 nitrogen and oxygen atoms in total. The zero-order valence-corrected chi connectivity index (χ0v) is 10.1. The van der Waals surface area contributed by atoms with E-state index in [-0.39, 0.29) is 5.82 Å². The topological polar surface area (TPSA) is 43.1 Å². The number of amides is 1. The molecule has 12 heavy (non-hydrogen) atoms. The highest BCUT2D eigenvalue weighted by molar-refractivity contribution is 14.1. The van der Waals surface area contributed by atoms with Crippen LogP contribution in [0.3, 0.4) is 0 Å². The fourth-order valence-electron chi connectivity index (χ4n) is 0.716. The Labute approximate surface area is 96.0 Å². The summed E-state index contributed by atoms with van der Waals surface area (Å²) in [6.45, 7) is 0. The molecule has 5 heteroatoms. The van der Waals surface area contributed by atoms with Crippen LogP contribution in [0.1, 0.15) is 10.4 Å². The molecule has 2 N–H and O–H groups in total. The number of carbonyl (C=O) groups is 1. The van der Waals surface area contributed by atoms with Crippen LogP contribution >= 0.6 is 45.2 Å². The van der Waals surface area contributed by atoms with Crippen molar-refractivity contribution >= 4 is 51.1 Å². The lowest BCUT2D eigenvalue weighted by atomic mass is 10.2. The second-order valence-corrected chi connectivity index (χ2v) is 4.24. The predicted octanol–water partition coefficient (Wildman–Crippen LogP) is 2.13. The summed E-state index contributed by atoms with van der Waals surface area (Å²) in [5, 5.41) is 0. The van der Waals surface area contributed by atoms with Gasteiger partial charge in [-0.15, -0.1) is 0 Å². The lowest BCUT2D eigenvalue weighted by Crippen LogP contribution is -2.13. The van der Waals surface area contributed by atoms with E-state index in [1.807, 2.05) is 45.2 Å². The van der Waals surface area contributed by atoms with Crippen LogP contribution in [0.2, 0.25) is 0 Å². The van der Waals surface area contributed by atoms with Gasteiger partial charge in [0.15, 0.2) is 0 Å². The van der Waals surface area contributed by atoms with Crippen molar-refractivity contribution in [3.8, 4) is 0 Å². The van der Waals surface area contributed by atoms with Crippen molar-refractivity contribution in [2.75, 3.05) is 0 Å². The Morgan fingerprint density at radius 1 is 1.33 bits per heavy atom. The van der Waals surface area contributed by atoms with Crippen molar-refractivity contribution in [2.24, 2.45) is 5.73 Å². The van der Waals surface area contributed by atoms with Crippen LogP contribution in [0, 0.1) is 13.0 Å². The molecule has 0 heterocycles. The molecule has 1 aromatic rings. The summed E-state index contributed by atoms with van der Waals surface area (Å²) in [4.78, 5) is 10.8. The molecule has 0 bridgehead atoms. The molecular weight excluding hydrogens is 387 g/mol. The summed E-state index contributed by atoms with van der Waals surface area (Å²) < 4.78 is 13.9. The average Bonchev–Trinajstić information content (AvgIpc) is 2.00. The molecule has 1 amide bonds. The van der Waals surface area contributed by atoms with Crippen LogP contribution < -0.4 is 5.73 Å². The molecule has 1 aromatic carbocycles. The minimum atomic E-state index is -0.530. The fraction of sp³-hybridized carbons (Fsp3) is 0. The molecule has 0 aromatic heterocycles. The third-order valence-corrected chi connectivity index (χ3v) is 4.51. The summed E-state index contributed by atoms with van der Waals surface area (Å²) in [6, 6.07) is 2.63. The number of nitrogens with two attached hydrogens (primary N) is 1. The van der Waals surface area contributed by atoms with Crippen LogP contribution in [0.15, 0.2) is 12.1 Å². The Bertz CT molecular complexity index is 340. The second kappa shape index (κ2) is 3.86. The first-order valence-electron chi connectivity index (χ1n) is 2.97. The highest BCUT2D eigenvalue weighted by atomic mass is 127. The van der Waals surface area contributed by atoms with Crippen molar-refractivity contribution in [3.63, 3.8) is 0 Å². The van der Waals surface area contributed by atoms with Gasteiger partial charge >= 0.3 is 0 Å².